The lowest BCUT2D eigenvalue weighted by atomic mass is 10.1. The summed E-state index contributed by atoms with van der Waals surface area (Å²) >= 11 is 0. The van der Waals surface area contributed by atoms with Crippen LogP contribution >= 0.6 is 0 Å². The zero-order valence-electron chi connectivity index (χ0n) is 14.4. The van der Waals surface area contributed by atoms with Crippen LogP contribution in [0, 0.1) is 6.92 Å². The van der Waals surface area contributed by atoms with E-state index in [1.165, 1.54) is 0 Å². The molecule has 3 N–H and O–H groups in total. The molecule has 1 aromatic rings. The average molecular weight is 307 g/mol. The van der Waals surface area contributed by atoms with E-state index in [0.717, 1.165) is 50.1 Å². The number of guanidine groups is 1. The summed E-state index contributed by atoms with van der Waals surface area (Å²) in [5.41, 5.74) is 0.135. The van der Waals surface area contributed by atoms with E-state index in [9.17, 15) is 0 Å². The standard InChI is InChI=1S/C15H29N7/c1-11-19-13-12(7-6-10-22(13)21-11)20-14(16-5)17-8-9-18-15(2,3)4/h12,18H,6-10H2,1-5H3,(H2,16,17,20). The second kappa shape index (κ2) is 7.09. The van der Waals surface area contributed by atoms with E-state index in [1.54, 1.807) is 7.05 Å². The molecule has 0 bridgehead atoms. The van der Waals surface area contributed by atoms with Gasteiger partial charge in [0.05, 0.1) is 6.04 Å². The van der Waals surface area contributed by atoms with Crippen molar-refractivity contribution in [3.05, 3.63) is 11.6 Å². The number of hydrogen-bond donors (Lipinski definition) is 3. The Morgan fingerprint density at radius 3 is 2.82 bits per heavy atom. The zero-order valence-corrected chi connectivity index (χ0v) is 14.4. The fourth-order valence-electron chi connectivity index (χ4n) is 2.58. The average Bonchev–Trinajstić information content (AvgIpc) is 2.82. The Morgan fingerprint density at radius 1 is 1.36 bits per heavy atom. The molecule has 1 aliphatic rings. The molecule has 1 aliphatic heterocycles. The van der Waals surface area contributed by atoms with Gasteiger partial charge in [0, 0.05) is 32.2 Å². The Bertz CT molecular complexity index is 512. The van der Waals surface area contributed by atoms with Crippen molar-refractivity contribution in [2.45, 2.75) is 58.7 Å². The zero-order chi connectivity index (χ0) is 16.2. The van der Waals surface area contributed by atoms with Gasteiger partial charge in [-0.3, -0.25) is 4.99 Å². The van der Waals surface area contributed by atoms with Gasteiger partial charge in [0.2, 0.25) is 0 Å². The van der Waals surface area contributed by atoms with Gasteiger partial charge in [-0.05, 0) is 40.5 Å². The van der Waals surface area contributed by atoms with Crippen LogP contribution in [-0.4, -0.2) is 46.4 Å². The summed E-state index contributed by atoms with van der Waals surface area (Å²) in [6.07, 6.45) is 2.16. The molecule has 1 unspecified atom stereocenters. The molecule has 7 nitrogen and oxygen atoms in total. The van der Waals surface area contributed by atoms with E-state index in [0.29, 0.717) is 0 Å². The third kappa shape index (κ3) is 4.69. The molecule has 2 rings (SSSR count). The van der Waals surface area contributed by atoms with Gasteiger partial charge in [-0.1, -0.05) is 0 Å². The lowest BCUT2D eigenvalue weighted by molar-refractivity contribution is 0.396. The van der Waals surface area contributed by atoms with E-state index in [4.69, 9.17) is 0 Å². The van der Waals surface area contributed by atoms with Crippen molar-refractivity contribution in [2.24, 2.45) is 4.99 Å². The highest BCUT2D eigenvalue weighted by Crippen LogP contribution is 2.22. The second-order valence-corrected chi connectivity index (χ2v) is 6.76. The molecular weight excluding hydrogens is 278 g/mol. The maximum Gasteiger partial charge on any atom is 0.191 e. The van der Waals surface area contributed by atoms with Gasteiger partial charge in [0.15, 0.2) is 5.96 Å². The quantitative estimate of drug-likeness (QED) is 0.439. The third-order valence-corrected chi connectivity index (χ3v) is 3.59. The molecule has 0 saturated heterocycles. The first-order chi connectivity index (χ1) is 10.4. The predicted octanol–water partition coefficient (Wildman–Crippen LogP) is 0.975. The molecular formula is C15H29N7. The lowest BCUT2D eigenvalue weighted by Crippen LogP contribution is -2.46. The van der Waals surface area contributed by atoms with Crippen molar-refractivity contribution in [1.29, 1.82) is 0 Å². The Kier molecular flexibility index (Phi) is 5.39. The number of aliphatic imine (C=N–C) groups is 1. The minimum Gasteiger partial charge on any atom is -0.355 e. The van der Waals surface area contributed by atoms with Gasteiger partial charge >= 0.3 is 0 Å². The van der Waals surface area contributed by atoms with Crippen molar-refractivity contribution in [2.75, 3.05) is 20.1 Å². The van der Waals surface area contributed by atoms with E-state index in [2.05, 4.69) is 51.8 Å². The van der Waals surface area contributed by atoms with Crippen LogP contribution < -0.4 is 16.0 Å². The highest BCUT2D eigenvalue weighted by molar-refractivity contribution is 5.80. The molecule has 0 fully saturated rings. The maximum absolute atomic E-state index is 4.54. The van der Waals surface area contributed by atoms with E-state index < -0.39 is 0 Å². The van der Waals surface area contributed by atoms with E-state index >= 15 is 0 Å². The Hall–Kier alpha value is -1.63. The molecule has 2 heterocycles. The van der Waals surface area contributed by atoms with Crippen LogP contribution in [-0.2, 0) is 6.54 Å². The van der Waals surface area contributed by atoms with Crippen molar-refractivity contribution >= 4 is 5.96 Å². The summed E-state index contributed by atoms with van der Waals surface area (Å²) in [5, 5.41) is 14.7. The van der Waals surface area contributed by atoms with Crippen LogP contribution in [0.25, 0.3) is 0 Å². The molecule has 0 saturated carbocycles. The predicted molar refractivity (Wildman–Crippen MR) is 89.0 cm³/mol. The third-order valence-electron chi connectivity index (χ3n) is 3.59. The van der Waals surface area contributed by atoms with Gasteiger partial charge in [0.25, 0.3) is 0 Å². The molecule has 0 aliphatic carbocycles. The molecule has 7 heteroatoms. The number of rotatable bonds is 4. The molecule has 0 aromatic carbocycles. The minimum atomic E-state index is 0.135. The van der Waals surface area contributed by atoms with Crippen LogP contribution in [0.4, 0.5) is 0 Å². The monoisotopic (exact) mass is 307 g/mol. The van der Waals surface area contributed by atoms with Gasteiger partial charge < -0.3 is 16.0 Å². The second-order valence-electron chi connectivity index (χ2n) is 6.76. The van der Waals surface area contributed by atoms with Gasteiger partial charge in [-0.15, -0.1) is 0 Å². The van der Waals surface area contributed by atoms with Gasteiger partial charge in [0.1, 0.15) is 11.6 Å². The smallest absolute Gasteiger partial charge is 0.191 e. The molecule has 1 aromatic heterocycles. The van der Waals surface area contributed by atoms with Crippen molar-refractivity contribution < 1.29 is 0 Å². The summed E-state index contributed by atoms with van der Waals surface area (Å²) in [5.74, 6) is 2.66. The topological polar surface area (TPSA) is 79.2 Å². The van der Waals surface area contributed by atoms with Crippen molar-refractivity contribution in [1.82, 2.24) is 30.7 Å². The Labute approximate surface area is 133 Å². The number of hydrogen-bond acceptors (Lipinski definition) is 4. The Morgan fingerprint density at radius 2 is 2.14 bits per heavy atom. The number of fused-ring (bicyclic) bond motifs is 1. The first kappa shape index (κ1) is 16.7. The first-order valence-corrected chi connectivity index (χ1v) is 8.02. The number of nitrogens with zero attached hydrogens (tertiary/aromatic N) is 4. The summed E-state index contributed by atoms with van der Waals surface area (Å²) in [6, 6.07) is 0.178. The minimum absolute atomic E-state index is 0.135. The van der Waals surface area contributed by atoms with Gasteiger partial charge in [-0.25, -0.2) is 9.67 Å². The normalized spacial score (nSPS) is 19.0. The summed E-state index contributed by atoms with van der Waals surface area (Å²) in [7, 11) is 1.80. The maximum atomic E-state index is 4.54. The van der Waals surface area contributed by atoms with Crippen molar-refractivity contribution in [3.63, 3.8) is 0 Å². The molecule has 22 heavy (non-hydrogen) atoms. The Balaban J connectivity index is 1.86. The highest BCUT2D eigenvalue weighted by atomic mass is 15.4. The fraction of sp³-hybridized carbons (Fsp3) is 0.800. The van der Waals surface area contributed by atoms with Crippen LogP contribution in [0.5, 0.6) is 0 Å². The molecule has 1 atom stereocenters. The van der Waals surface area contributed by atoms with E-state index in [-0.39, 0.29) is 11.6 Å². The van der Waals surface area contributed by atoms with Crippen LogP contribution in [0.2, 0.25) is 0 Å². The van der Waals surface area contributed by atoms with Crippen LogP contribution in [0.3, 0.4) is 0 Å². The summed E-state index contributed by atoms with van der Waals surface area (Å²) in [6.45, 7) is 11.1. The van der Waals surface area contributed by atoms with E-state index in [1.807, 2.05) is 11.6 Å². The van der Waals surface area contributed by atoms with Crippen LogP contribution in [0.1, 0.15) is 51.3 Å². The summed E-state index contributed by atoms with van der Waals surface area (Å²) < 4.78 is 2.00. The van der Waals surface area contributed by atoms with Gasteiger partial charge in [-0.2, -0.15) is 5.10 Å². The summed E-state index contributed by atoms with van der Waals surface area (Å²) in [4.78, 5) is 8.85. The lowest BCUT2D eigenvalue weighted by Gasteiger charge is -2.25. The number of nitrogens with one attached hydrogen (secondary N) is 3. The largest absolute Gasteiger partial charge is 0.355 e. The molecule has 0 spiro atoms. The molecule has 0 radical (unpaired) electrons. The number of aryl methyl sites for hydroxylation is 2. The highest BCUT2D eigenvalue weighted by Gasteiger charge is 2.24. The first-order valence-electron chi connectivity index (χ1n) is 8.02. The molecule has 124 valence electrons. The fourth-order valence-corrected chi connectivity index (χ4v) is 2.58. The molecule has 0 amide bonds. The number of aromatic nitrogens is 3. The van der Waals surface area contributed by atoms with Crippen molar-refractivity contribution in [3.8, 4) is 0 Å². The SMILES string of the molecule is CN=C(NCCNC(C)(C)C)NC1CCCn2nc(C)nc21. The van der Waals surface area contributed by atoms with Crippen LogP contribution in [0.15, 0.2) is 4.99 Å².